The van der Waals surface area contributed by atoms with Crippen molar-refractivity contribution in [2.24, 2.45) is 0 Å². The molecule has 2 aromatic carbocycles. The Labute approximate surface area is 312 Å². The van der Waals surface area contributed by atoms with E-state index in [9.17, 15) is 24.0 Å². The van der Waals surface area contributed by atoms with Gasteiger partial charge in [-0.1, -0.05) is 37.3 Å². The minimum atomic E-state index is -0.690. The molecule has 1 fully saturated rings. The van der Waals surface area contributed by atoms with Crippen molar-refractivity contribution in [3.63, 3.8) is 0 Å². The highest BCUT2D eigenvalue weighted by Gasteiger charge is 2.32. The summed E-state index contributed by atoms with van der Waals surface area (Å²) in [6.45, 7) is 6.04. The van der Waals surface area contributed by atoms with E-state index in [2.05, 4.69) is 33.2 Å². The average Bonchev–Trinajstić information content (AvgIpc) is 3.56. The molecule has 2 N–H and O–H groups in total. The number of pyridine rings is 2. The number of fused-ring (bicyclic) bond motifs is 2. The molecular weight excluding hydrogens is 685 g/mol. The predicted octanol–water partition coefficient (Wildman–Crippen LogP) is 4.32. The number of hydrogen-bond acceptors (Lipinski definition) is 8. The number of benzene rings is 2. The number of hydrogen-bond donors (Lipinski definition) is 2. The fraction of sp³-hybridized carbons (Fsp3) is 0.317. The third-order valence-electron chi connectivity index (χ3n) is 10.3. The van der Waals surface area contributed by atoms with E-state index in [0.717, 1.165) is 63.3 Å². The SMILES string of the molecule is CCc1nc(-c2cccc3cc(-c4ccc(C(=O)NCCCc5cccc(C(=O)N(C)C6CCC(=O)NC6=O)c5)nc4)ncc23)c2n1CCN(C(C)=O)C2. The minimum absolute atomic E-state index is 0.0560. The van der Waals surface area contributed by atoms with Gasteiger partial charge in [0.15, 0.2) is 0 Å². The summed E-state index contributed by atoms with van der Waals surface area (Å²) in [7, 11) is 1.57. The van der Waals surface area contributed by atoms with Gasteiger partial charge in [0, 0.05) is 80.9 Å². The number of nitrogens with one attached hydrogen (secondary N) is 2. The highest BCUT2D eigenvalue weighted by Crippen LogP contribution is 2.34. The van der Waals surface area contributed by atoms with Gasteiger partial charge < -0.3 is 19.7 Å². The molecule has 13 nitrogen and oxygen atoms in total. The van der Waals surface area contributed by atoms with Crippen LogP contribution >= 0.6 is 0 Å². The molecule has 7 rings (SSSR count). The van der Waals surface area contributed by atoms with E-state index in [0.29, 0.717) is 50.2 Å². The van der Waals surface area contributed by atoms with Crippen LogP contribution in [-0.4, -0.2) is 85.0 Å². The molecule has 3 aromatic heterocycles. The van der Waals surface area contributed by atoms with Gasteiger partial charge >= 0.3 is 0 Å². The van der Waals surface area contributed by atoms with Crippen LogP contribution in [0.25, 0.3) is 33.3 Å². The molecule has 5 heterocycles. The third-order valence-corrected chi connectivity index (χ3v) is 10.3. The third kappa shape index (κ3) is 7.34. The van der Waals surface area contributed by atoms with Crippen LogP contribution in [0.1, 0.15) is 71.0 Å². The van der Waals surface area contributed by atoms with Crippen LogP contribution in [0.5, 0.6) is 0 Å². The summed E-state index contributed by atoms with van der Waals surface area (Å²) in [5.74, 6) is -0.299. The monoisotopic (exact) mass is 726 g/mol. The molecule has 0 spiro atoms. The molecule has 1 saturated heterocycles. The van der Waals surface area contributed by atoms with E-state index in [1.54, 1.807) is 44.4 Å². The Kier molecular flexibility index (Phi) is 10.3. The molecule has 0 aliphatic carbocycles. The molecule has 0 radical (unpaired) electrons. The maximum absolute atomic E-state index is 13.1. The van der Waals surface area contributed by atoms with Crippen molar-refractivity contribution in [1.29, 1.82) is 0 Å². The first-order valence-corrected chi connectivity index (χ1v) is 18.3. The maximum atomic E-state index is 13.1. The highest BCUT2D eigenvalue weighted by molar-refractivity contribution is 6.04. The van der Waals surface area contributed by atoms with E-state index < -0.39 is 11.9 Å². The lowest BCUT2D eigenvalue weighted by atomic mass is 10.0. The molecule has 54 heavy (non-hydrogen) atoms. The number of aromatic nitrogens is 4. The lowest BCUT2D eigenvalue weighted by Gasteiger charge is -2.29. The van der Waals surface area contributed by atoms with E-state index in [-0.39, 0.29) is 30.0 Å². The predicted molar refractivity (Wildman–Crippen MR) is 202 cm³/mol. The molecule has 1 unspecified atom stereocenters. The number of carbonyl (C=O) groups is 5. The van der Waals surface area contributed by atoms with Crippen molar-refractivity contribution in [2.75, 3.05) is 20.1 Å². The first-order chi connectivity index (χ1) is 26.1. The summed E-state index contributed by atoms with van der Waals surface area (Å²) in [6, 6.07) is 18.2. The number of amides is 5. The van der Waals surface area contributed by atoms with Crippen molar-refractivity contribution in [1.82, 2.24) is 40.0 Å². The number of carbonyl (C=O) groups excluding carboxylic acids is 5. The van der Waals surface area contributed by atoms with Gasteiger partial charge in [0.1, 0.15) is 17.6 Å². The Morgan fingerprint density at radius 2 is 1.83 bits per heavy atom. The van der Waals surface area contributed by atoms with Crippen LogP contribution in [0.3, 0.4) is 0 Å². The van der Waals surface area contributed by atoms with Crippen LogP contribution in [0.4, 0.5) is 0 Å². The number of piperidine rings is 1. The zero-order valence-corrected chi connectivity index (χ0v) is 30.6. The largest absolute Gasteiger partial charge is 0.351 e. The van der Waals surface area contributed by atoms with Gasteiger partial charge in [-0.05, 0) is 60.5 Å². The topological polar surface area (TPSA) is 159 Å². The number of nitrogens with zero attached hydrogens (tertiary/aromatic N) is 6. The fourth-order valence-electron chi connectivity index (χ4n) is 7.25. The molecular formula is C41H42N8O5. The van der Waals surface area contributed by atoms with Gasteiger partial charge in [0.25, 0.3) is 11.8 Å². The maximum Gasteiger partial charge on any atom is 0.269 e. The summed E-state index contributed by atoms with van der Waals surface area (Å²) in [5.41, 5.74) is 6.09. The van der Waals surface area contributed by atoms with Crippen molar-refractivity contribution < 1.29 is 24.0 Å². The van der Waals surface area contributed by atoms with Crippen LogP contribution in [0, 0.1) is 0 Å². The molecule has 5 aromatic rings. The van der Waals surface area contributed by atoms with Crippen molar-refractivity contribution in [2.45, 2.75) is 65.1 Å². The summed E-state index contributed by atoms with van der Waals surface area (Å²) >= 11 is 0. The summed E-state index contributed by atoms with van der Waals surface area (Å²) in [5, 5.41) is 7.18. The number of imidazole rings is 1. The summed E-state index contributed by atoms with van der Waals surface area (Å²) in [4.78, 5) is 79.4. The Bertz CT molecular complexity index is 2280. The molecule has 0 saturated carbocycles. The first kappa shape index (κ1) is 36.1. The van der Waals surface area contributed by atoms with Gasteiger partial charge in [-0.15, -0.1) is 0 Å². The smallest absolute Gasteiger partial charge is 0.269 e. The molecule has 276 valence electrons. The van der Waals surface area contributed by atoms with Crippen LogP contribution < -0.4 is 10.6 Å². The second-order valence-corrected chi connectivity index (χ2v) is 13.7. The second-order valence-electron chi connectivity index (χ2n) is 13.7. The average molecular weight is 727 g/mol. The van der Waals surface area contributed by atoms with Gasteiger partial charge in [-0.3, -0.25) is 39.3 Å². The van der Waals surface area contributed by atoms with Gasteiger partial charge in [0.05, 0.1) is 23.6 Å². The molecule has 2 aliphatic rings. The quantitative estimate of drug-likeness (QED) is 0.159. The zero-order valence-electron chi connectivity index (χ0n) is 30.6. The van der Waals surface area contributed by atoms with Gasteiger partial charge in [0.2, 0.25) is 17.7 Å². The molecule has 2 aliphatic heterocycles. The standard InChI is InChI=1S/C41H42N8O5/c1-4-36-45-38(35-24-48(25(2)50)18-19-49(35)36)30-12-6-10-27-21-33(44-23-31(27)30)29-13-14-32(43-22-29)39(52)42-17-7-9-26-8-5-11-28(20-26)41(54)47(3)34-15-16-37(51)46-40(34)53/h5-6,8,10-14,20-23,34H,4,7,9,15-19,24H2,1-3H3,(H,42,52)(H,46,51,53). The number of likely N-dealkylation sites (N-methyl/N-ethyl adjacent to an activating group) is 1. The van der Waals surface area contributed by atoms with Crippen molar-refractivity contribution in [3.05, 3.63) is 101 Å². The number of rotatable bonds is 10. The van der Waals surface area contributed by atoms with E-state index in [1.807, 2.05) is 41.4 Å². The van der Waals surface area contributed by atoms with Crippen LogP contribution in [0.2, 0.25) is 0 Å². The Morgan fingerprint density at radius 3 is 2.59 bits per heavy atom. The highest BCUT2D eigenvalue weighted by atomic mass is 16.2. The Hall–Kier alpha value is -6.24. The lowest BCUT2D eigenvalue weighted by molar-refractivity contribution is -0.136. The molecule has 13 heteroatoms. The van der Waals surface area contributed by atoms with Crippen molar-refractivity contribution >= 4 is 40.3 Å². The van der Waals surface area contributed by atoms with E-state index in [4.69, 9.17) is 9.97 Å². The fourth-order valence-corrected chi connectivity index (χ4v) is 7.25. The first-order valence-electron chi connectivity index (χ1n) is 18.3. The van der Waals surface area contributed by atoms with Crippen LogP contribution in [0.15, 0.2) is 73.1 Å². The van der Waals surface area contributed by atoms with Gasteiger partial charge in [-0.25, -0.2) is 4.98 Å². The number of imide groups is 1. The molecule has 0 bridgehead atoms. The van der Waals surface area contributed by atoms with E-state index in [1.165, 1.54) is 4.90 Å². The second kappa shape index (κ2) is 15.4. The lowest BCUT2D eigenvalue weighted by Crippen LogP contribution is -2.52. The van der Waals surface area contributed by atoms with E-state index >= 15 is 0 Å². The van der Waals surface area contributed by atoms with Crippen molar-refractivity contribution in [3.8, 4) is 22.5 Å². The normalized spacial score (nSPS) is 15.5. The minimum Gasteiger partial charge on any atom is -0.351 e. The Morgan fingerprint density at radius 1 is 1.00 bits per heavy atom. The Balaban J connectivity index is 0.967. The summed E-state index contributed by atoms with van der Waals surface area (Å²) in [6.07, 6.45) is 6.07. The zero-order chi connectivity index (χ0) is 37.9. The van der Waals surface area contributed by atoms with Gasteiger partial charge in [-0.2, -0.15) is 0 Å². The number of aryl methyl sites for hydroxylation is 2. The summed E-state index contributed by atoms with van der Waals surface area (Å²) < 4.78 is 2.25. The van der Waals surface area contributed by atoms with Crippen LogP contribution in [-0.2, 0) is 40.3 Å². The molecule has 1 atom stereocenters. The molecule has 5 amide bonds.